The van der Waals surface area contributed by atoms with Crippen molar-refractivity contribution in [2.45, 2.75) is 6.54 Å². The van der Waals surface area contributed by atoms with Gasteiger partial charge >= 0.3 is 0 Å². The Bertz CT molecular complexity index is 823. The molecular weight excluding hydrogens is 311 g/mol. The third-order valence-electron chi connectivity index (χ3n) is 3.36. The smallest absolute Gasteiger partial charge is 0.271 e. The first-order chi connectivity index (χ1) is 10.1. The number of hydrogen-bond donors (Lipinski definition) is 0. The van der Waals surface area contributed by atoms with Gasteiger partial charge in [0.25, 0.3) is 5.69 Å². The Hall–Kier alpha value is -2.04. The van der Waals surface area contributed by atoms with E-state index < -0.39 is 4.92 Å². The maximum Gasteiger partial charge on any atom is 0.271 e. The van der Waals surface area contributed by atoms with Gasteiger partial charge < -0.3 is 4.57 Å². The van der Waals surface area contributed by atoms with E-state index >= 15 is 0 Å². The van der Waals surface area contributed by atoms with E-state index in [1.165, 1.54) is 6.07 Å². The first kappa shape index (κ1) is 13.9. The Morgan fingerprint density at radius 2 is 1.81 bits per heavy atom. The normalized spacial score (nSPS) is 11.0. The zero-order chi connectivity index (χ0) is 15.0. The summed E-state index contributed by atoms with van der Waals surface area (Å²) in [5, 5.41) is 13.0. The Morgan fingerprint density at radius 3 is 2.48 bits per heavy atom. The van der Waals surface area contributed by atoms with Crippen molar-refractivity contribution in [3.63, 3.8) is 0 Å². The Labute approximate surface area is 130 Å². The average molecular weight is 321 g/mol. The highest BCUT2D eigenvalue weighted by Crippen LogP contribution is 2.28. The molecule has 106 valence electrons. The number of non-ortho nitro benzene ring substituents is 1. The molecular formula is C15H10Cl2N2O2. The second-order valence-electron chi connectivity index (χ2n) is 4.64. The van der Waals surface area contributed by atoms with Gasteiger partial charge in [-0.1, -0.05) is 29.3 Å². The molecule has 0 N–H and O–H groups in total. The van der Waals surface area contributed by atoms with Crippen molar-refractivity contribution >= 4 is 39.8 Å². The van der Waals surface area contributed by atoms with Crippen molar-refractivity contribution in [2.24, 2.45) is 0 Å². The summed E-state index contributed by atoms with van der Waals surface area (Å²) in [7, 11) is 0. The van der Waals surface area contributed by atoms with Gasteiger partial charge in [0.2, 0.25) is 0 Å². The van der Waals surface area contributed by atoms with Gasteiger partial charge in [0.1, 0.15) is 0 Å². The van der Waals surface area contributed by atoms with Crippen LogP contribution in [0.1, 0.15) is 5.56 Å². The van der Waals surface area contributed by atoms with Crippen molar-refractivity contribution in [1.29, 1.82) is 0 Å². The zero-order valence-corrected chi connectivity index (χ0v) is 12.3. The summed E-state index contributed by atoms with van der Waals surface area (Å²) in [6.45, 7) is 0.461. The molecule has 0 aliphatic rings. The standard InChI is InChI=1S/C15H10Cl2N2O2/c16-13-2-1-3-14(17)12(13)9-18-7-6-10-4-5-11(19(20)21)8-15(10)18/h1-8H,9H2. The van der Waals surface area contributed by atoms with Gasteiger partial charge in [-0.3, -0.25) is 10.1 Å². The largest absolute Gasteiger partial charge is 0.343 e. The van der Waals surface area contributed by atoms with Crippen molar-refractivity contribution in [3.8, 4) is 0 Å². The zero-order valence-electron chi connectivity index (χ0n) is 10.8. The van der Waals surface area contributed by atoms with Crippen LogP contribution >= 0.6 is 23.2 Å². The highest BCUT2D eigenvalue weighted by atomic mass is 35.5. The van der Waals surface area contributed by atoms with Crippen LogP contribution in [-0.2, 0) is 6.54 Å². The predicted molar refractivity (Wildman–Crippen MR) is 84.2 cm³/mol. The molecule has 21 heavy (non-hydrogen) atoms. The van der Waals surface area contributed by atoms with Crippen molar-refractivity contribution in [2.75, 3.05) is 0 Å². The van der Waals surface area contributed by atoms with E-state index in [-0.39, 0.29) is 5.69 Å². The van der Waals surface area contributed by atoms with E-state index in [1.54, 1.807) is 30.3 Å². The maximum atomic E-state index is 10.9. The first-order valence-corrected chi connectivity index (χ1v) is 6.98. The summed E-state index contributed by atoms with van der Waals surface area (Å²) in [6, 6.07) is 12.0. The molecule has 3 rings (SSSR count). The van der Waals surface area contributed by atoms with Crippen LogP contribution in [0.5, 0.6) is 0 Å². The van der Waals surface area contributed by atoms with Crippen LogP contribution in [0.4, 0.5) is 5.69 Å². The topological polar surface area (TPSA) is 48.1 Å². The van der Waals surface area contributed by atoms with Gasteiger partial charge in [-0.15, -0.1) is 0 Å². The Kier molecular flexibility index (Phi) is 3.57. The lowest BCUT2D eigenvalue weighted by atomic mass is 10.2. The van der Waals surface area contributed by atoms with E-state index in [2.05, 4.69) is 0 Å². The fraction of sp³-hybridized carbons (Fsp3) is 0.0667. The fourth-order valence-corrected chi connectivity index (χ4v) is 2.79. The molecule has 6 heteroatoms. The van der Waals surface area contributed by atoms with Gasteiger partial charge in [0.05, 0.1) is 17.0 Å². The molecule has 2 aromatic carbocycles. The van der Waals surface area contributed by atoms with Gasteiger partial charge in [0.15, 0.2) is 0 Å². The van der Waals surface area contributed by atoms with E-state index in [9.17, 15) is 10.1 Å². The number of halogens is 2. The van der Waals surface area contributed by atoms with E-state index in [1.807, 2.05) is 16.8 Å². The summed E-state index contributed by atoms with van der Waals surface area (Å²) in [5.74, 6) is 0. The predicted octanol–water partition coefficient (Wildman–Crippen LogP) is 4.90. The van der Waals surface area contributed by atoms with Crippen LogP contribution < -0.4 is 0 Å². The highest BCUT2D eigenvalue weighted by molar-refractivity contribution is 6.36. The summed E-state index contributed by atoms with van der Waals surface area (Å²) in [5.41, 5.74) is 1.64. The van der Waals surface area contributed by atoms with E-state index in [4.69, 9.17) is 23.2 Å². The number of benzene rings is 2. The lowest BCUT2D eigenvalue weighted by Gasteiger charge is -2.09. The molecule has 1 aromatic heterocycles. The first-order valence-electron chi connectivity index (χ1n) is 6.22. The van der Waals surface area contributed by atoms with Crippen LogP contribution in [0.3, 0.4) is 0 Å². The van der Waals surface area contributed by atoms with Crippen LogP contribution in [0.2, 0.25) is 10.0 Å². The number of aromatic nitrogens is 1. The number of rotatable bonds is 3. The Balaban J connectivity index is 2.08. The number of nitro benzene ring substituents is 1. The number of hydrogen-bond acceptors (Lipinski definition) is 2. The average Bonchev–Trinajstić information content (AvgIpc) is 2.85. The minimum atomic E-state index is -0.404. The van der Waals surface area contributed by atoms with Crippen LogP contribution in [0, 0.1) is 10.1 Å². The third-order valence-corrected chi connectivity index (χ3v) is 4.07. The third kappa shape index (κ3) is 2.60. The monoisotopic (exact) mass is 320 g/mol. The van der Waals surface area contributed by atoms with E-state index in [0.717, 1.165) is 16.5 Å². The second-order valence-corrected chi connectivity index (χ2v) is 5.46. The van der Waals surface area contributed by atoms with Crippen LogP contribution in [-0.4, -0.2) is 9.49 Å². The molecule has 1 heterocycles. The summed E-state index contributed by atoms with van der Waals surface area (Å²) < 4.78 is 1.90. The Morgan fingerprint density at radius 1 is 1.10 bits per heavy atom. The van der Waals surface area contributed by atoms with Gasteiger partial charge in [-0.05, 0) is 24.3 Å². The maximum absolute atomic E-state index is 10.9. The molecule has 0 saturated heterocycles. The lowest BCUT2D eigenvalue weighted by molar-refractivity contribution is -0.384. The summed E-state index contributed by atoms with van der Waals surface area (Å²) in [6.07, 6.45) is 1.87. The van der Waals surface area contributed by atoms with Gasteiger partial charge in [-0.25, -0.2) is 0 Å². The number of nitrogens with zero attached hydrogens (tertiary/aromatic N) is 2. The molecule has 4 nitrogen and oxygen atoms in total. The molecule has 0 amide bonds. The molecule has 3 aromatic rings. The number of nitro groups is 1. The van der Waals surface area contributed by atoms with E-state index in [0.29, 0.717) is 16.6 Å². The minimum absolute atomic E-state index is 0.0627. The molecule has 0 unspecified atom stereocenters. The molecule has 0 radical (unpaired) electrons. The SMILES string of the molecule is O=[N+]([O-])c1ccc2ccn(Cc3c(Cl)cccc3Cl)c2c1. The van der Waals surface area contributed by atoms with Crippen molar-refractivity contribution < 1.29 is 4.92 Å². The summed E-state index contributed by atoms with van der Waals surface area (Å²) >= 11 is 12.3. The van der Waals surface area contributed by atoms with Crippen molar-refractivity contribution in [3.05, 3.63) is 74.4 Å². The molecule has 0 fully saturated rings. The van der Waals surface area contributed by atoms with Gasteiger partial charge in [-0.2, -0.15) is 0 Å². The van der Waals surface area contributed by atoms with Crippen LogP contribution in [0.15, 0.2) is 48.7 Å². The van der Waals surface area contributed by atoms with Gasteiger partial charge in [0, 0.05) is 39.3 Å². The molecule has 0 saturated carbocycles. The quantitative estimate of drug-likeness (QED) is 0.508. The summed E-state index contributed by atoms with van der Waals surface area (Å²) in [4.78, 5) is 10.5. The number of fused-ring (bicyclic) bond motifs is 1. The minimum Gasteiger partial charge on any atom is -0.343 e. The molecule has 0 aliphatic heterocycles. The second kappa shape index (κ2) is 5.39. The molecule has 0 spiro atoms. The molecule has 0 bridgehead atoms. The molecule has 0 atom stereocenters. The van der Waals surface area contributed by atoms with Crippen LogP contribution in [0.25, 0.3) is 10.9 Å². The fourth-order valence-electron chi connectivity index (χ4n) is 2.28. The van der Waals surface area contributed by atoms with Crippen molar-refractivity contribution in [1.82, 2.24) is 4.57 Å². The highest BCUT2D eigenvalue weighted by Gasteiger charge is 2.11. The lowest BCUT2D eigenvalue weighted by Crippen LogP contribution is -2.00. The molecule has 0 aliphatic carbocycles.